The largest absolute Gasteiger partial charge is 0.286 e. The molecule has 0 aromatic heterocycles. The van der Waals surface area contributed by atoms with Crippen molar-refractivity contribution >= 4 is 84.0 Å². The fourth-order valence-electron chi connectivity index (χ4n) is 0.268. The topological polar surface area (TPSA) is 17.1 Å². The van der Waals surface area contributed by atoms with Crippen LogP contribution in [0.15, 0.2) is 17.9 Å². The van der Waals surface area contributed by atoms with E-state index in [0.29, 0.717) is 0 Å². The first-order valence-electron chi connectivity index (χ1n) is 2.34. The quantitative estimate of drug-likeness (QED) is 0.641. The van der Waals surface area contributed by atoms with Crippen molar-refractivity contribution in [3.05, 3.63) is 17.9 Å². The number of halogens is 6. The molecule has 0 rings (SSSR count). The van der Waals surface area contributed by atoms with E-state index in [1.165, 1.54) is 0 Å². The van der Waals surface area contributed by atoms with Gasteiger partial charge < -0.3 is 0 Å². The summed E-state index contributed by atoms with van der Waals surface area (Å²) in [6.07, 6.45) is 0. The first-order chi connectivity index (χ1) is 5.37. The van der Waals surface area contributed by atoms with Crippen LogP contribution in [0.25, 0.3) is 0 Å². The fraction of sp³-hybridized carbons (Fsp3) is 0. The lowest BCUT2D eigenvalue weighted by Gasteiger charge is -1.96. The molecule has 0 atom stereocenters. The Bertz CT molecular complexity index is 237. The van der Waals surface area contributed by atoms with Gasteiger partial charge in [0.15, 0.2) is 0 Å². The standard InChI is InChI=1S/C5Br2Cl4O/c6-4(10)1(8)3(12)2(9)5(7)11. The smallest absolute Gasteiger partial charge is 0.219 e. The summed E-state index contributed by atoms with van der Waals surface area (Å²) in [6, 6.07) is 0. The van der Waals surface area contributed by atoms with Crippen LogP contribution in [0.2, 0.25) is 0 Å². The van der Waals surface area contributed by atoms with Crippen LogP contribution in [0.3, 0.4) is 0 Å². The number of allylic oxidation sites excluding steroid dienone is 2. The molecule has 0 aliphatic rings. The highest BCUT2D eigenvalue weighted by Gasteiger charge is 2.16. The Hall–Kier alpha value is 1.27. The number of hydrogen-bond acceptors (Lipinski definition) is 1. The van der Waals surface area contributed by atoms with Crippen molar-refractivity contribution < 1.29 is 4.79 Å². The van der Waals surface area contributed by atoms with Crippen molar-refractivity contribution in [1.82, 2.24) is 0 Å². The molecular weight excluding hydrogens is 378 g/mol. The maximum Gasteiger partial charge on any atom is 0.219 e. The van der Waals surface area contributed by atoms with Crippen molar-refractivity contribution in [3.63, 3.8) is 0 Å². The SMILES string of the molecule is O=C(C(Cl)=C(Cl)Br)C(Cl)=C(Cl)Br. The van der Waals surface area contributed by atoms with Crippen molar-refractivity contribution in [2.45, 2.75) is 0 Å². The number of carbonyl (C=O) groups excluding carboxylic acids is 1. The van der Waals surface area contributed by atoms with Gasteiger partial charge in [0.2, 0.25) is 5.78 Å². The van der Waals surface area contributed by atoms with Gasteiger partial charge in [-0.2, -0.15) is 0 Å². The third-order valence-corrected chi connectivity index (χ3v) is 3.27. The summed E-state index contributed by atoms with van der Waals surface area (Å²) in [6.45, 7) is 0. The van der Waals surface area contributed by atoms with Crippen LogP contribution in [0.4, 0.5) is 0 Å². The van der Waals surface area contributed by atoms with Gasteiger partial charge in [-0.05, 0) is 31.9 Å². The zero-order chi connectivity index (χ0) is 9.89. The Kier molecular flexibility index (Phi) is 6.51. The Morgan fingerprint density at radius 1 is 0.833 bits per heavy atom. The van der Waals surface area contributed by atoms with Crippen LogP contribution in [0.1, 0.15) is 0 Å². The molecule has 0 aromatic carbocycles. The van der Waals surface area contributed by atoms with Crippen molar-refractivity contribution in [1.29, 1.82) is 0 Å². The number of hydrogen-bond donors (Lipinski definition) is 0. The lowest BCUT2D eigenvalue weighted by Crippen LogP contribution is -1.98. The van der Waals surface area contributed by atoms with E-state index in [0.717, 1.165) is 0 Å². The Labute approximate surface area is 106 Å². The van der Waals surface area contributed by atoms with Gasteiger partial charge in [-0.25, -0.2) is 0 Å². The van der Waals surface area contributed by atoms with Crippen LogP contribution < -0.4 is 0 Å². The second kappa shape index (κ2) is 5.89. The van der Waals surface area contributed by atoms with Crippen LogP contribution in [-0.2, 0) is 4.79 Å². The third kappa shape index (κ3) is 3.99. The van der Waals surface area contributed by atoms with Gasteiger partial charge in [-0.15, -0.1) is 0 Å². The number of carbonyl (C=O) groups is 1. The third-order valence-electron chi connectivity index (χ3n) is 0.731. The first kappa shape index (κ1) is 13.3. The molecule has 0 saturated heterocycles. The molecule has 0 fully saturated rings. The minimum Gasteiger partial charge on any atom is -0.286 e. The summed E-state index contributed by atoms with van der Waals surface area (Å²) in [7, 11) is 0. The summed E-state index contributed by atoms with van der Waals surface area (Å²) < 4.78 is -0.0320. The molecule has 0 heterocycles. The number of rotatable bonds is 2. The zero-order valence-corrected chi connectivity index (χ0v) is 11.4. The van der Waals surface area contributed by atoms with Gasteiger partial charge in [0.25, 0.3) is 0 Å². The summed E-state index contributed by atoms with van der Waals surface area (Å²) in [5.41, 5.74) is 0. The molecule has 68 valence electrons. The van der Waals surface area contributed by atoms with Crippen LogP contribution in [-0.4, -0.2) is 5.78 Å². The fourth-order valence-corrected chi connectivity index (χ4v) is 1.04. The van der Waals surface area contributed by atoms with Gasteiger partial charge in [0, 0.05) is 0 Å². The maximum absolute atomic E-state index is 11.1. The van der Waals surface area contributed by atoms with E-state index < -0.39 is 5.78 Å². The zero-order valence-electron chi connectivity index (χ0n) is 5.18. The highest BCUT2D eigenvalue weighted by Crippen LogP contribution is 2.28. The molecule has 0 aromatic rings. The van der Waals surface area contributed by atoms with E-state index in [2.05, 4.69) is 31.9 Å². The predicted octanol–water partition coefficient (Wildman–Crippen LogP) is 4.64. The highest BCUT2D eigenvalue weighted by atomic mass is 79.9. The molecule has 0 aliphatic heterocycles. The number of Topliss-reactive ketones (excluding diaryl/α,β-unsaturated/α-hetero) is 1. The molecule has 0 unspecified atom stereocenters. The van der Waals surface area contributed by atoms with E-state index in [-0.39, 0.29) is 17.9 Å². The summed E-state index contributed by atoms with van der Waals surface area (Å²) >= 11 is 27.3. The molecule has 0 spiro atoms. The molecule has 0 aliphatic carbocycles. The molecule has 1 nitrogen and oxygen atoms in total. The van der Waals surface area contributed by atoms with Gasteiger partial charge in [0.05, 0.1) is 0 Å². The maximum atomic E-state index is 11.1. The van der Waals surface area contributed by atoms with Gasteiger partial charge >= 0.3 is 0 Å². The van der Waals surface area contributed by atoms with Gasteiger partial charge in [-0.3, -0.25) is 4.79 Å². The Morgan fingerprint density at radius 2 is 1.08 bits per heavy atom. The molecule has 12 heavy (non-hydrogen) atoms. The lowest BCUT2D eigenvalue weighted by atomic mass is 10.4. The predicted molar refractivity (Wildman–Crippen MR) is 60.3 cm³/mol. The molecule has 0 radical (unpaired) electrons. The Balaban J connectivity index is 4.90. The van der Waals surface area contributed by atoms with E-state index >= 15 is 0 Å². The molecule has 0 bridgehead atoms. The normalized spacial score (nSPS) is 15.2. The van der Waals surface area contributed by atoms with Crippen molar-refractivity contribution in [3.8, 4) is 0 Å². The lowest BCUT2D eigenvalue weighted by molar-refractivity contribution is -0.111. The average Bonchev–Trinajstić information content (AvgIpc) is 2.00. The van der Waals surface area contributed by atoms with E-state index in [1.807, 2.05) is 0 Å². The number of ketones is 1. The molecule has 0 N–H and O–H groups in total. The van der Waals surface area contributed by atoms with Crippen LogP contribution in [0.5, 0.6) is 0 Å². The van der Waals surface area contributed by atoms with E-state index in [9.17, 15) is 4.79 Å². The van der Waals surface area contributed by atoms with Gasteiger partial charge in [0.1, 0.15) is 17.9 Å². The summed E-state index contributed by atoms with van der Waals surface area (Å²) in [5, 5.41) is -0.446. The van der Waals surface area contributed by atoms with Crippen LogP contribution in [0, 0.1) is 0 Å². The van der Waals surface area contributed by atoms with Crippen molar-refractivity contribution in [2.75, 3.05) is 0 Å². The molecular formula is C5Br2Cl4O. The van der Waals surface area contributed by atoms with E-state index in [4.69, 9.17) is 46.4 Å². The molecule has 7 heteroatoms. The average molecular weight is 378 g/mol. The van der Waals surface area contributed by atoms with Gasteiger partial charge in [-0.1, -0.05) is 46.4 Å². The minimum atomic E-state index is -0.651. The van der Waals surface area contributed by atoms with Crippen LogP contribution >= 0.6 is 78.3 Å². The van der Waals surface area contributed by atoms with E-state index in [1.54, 1.807) is 0 Å². The Morgan fingerprint density at radius 3 is 1.25 bits per heavy atom. The first-order valence-corrected chi connectivity index (χ1v) is 5.44. The second-order valence-electron chi connectivity index (χ2n) is 1.48. The molecule has 0 saturated carbocycles. The monoisotopic (exact) mass is 374 g/mol. The minimum absolute atomic E-state index is 0.0160. The highest BCUT2D eigenvalue weighted by molar-refractivity contribution is 9.12. The molecule has 0 amide bonds. The van der Waals surface area contributed by atoms with Crippen molar-refractivity contribution in [2.24, 2.45) is 0 Å². The summed E-state index contributed by atoms with van der Waals surface area (Å²) in [5.74, 6) is -0.651. The second-order valence-corrected chi connectivity index (χ2v) is 5.49. The summed E-state index contributed by atoms with van der Waals surface area (Å²) in [4.78, 5) is 11.1.